The van der Waals surface area contributed by atoms with Crippen LogP contribution >= 0.6 is 11.3 Å². The van der Waals surface area contributed by atoms with Crippen LogP contribution in [0.2, 0.25) is 0 Å². The highest BCUT2D eigenvalue weighted by molar-refractivity contribution is 7.10. The van der Waals surface area contributed by atoms with Crippen LogP contribution in [0.1, 0.15) is 23.4 Å². The molecule has 2 nitrogen and oxygen atoms in total. The Kier molecular flexibility index (Phi) is 2.43. The van der Waals surface area contributed by atoms with Gasteiger partial charge in [-0.15, -0.1) is 11.3 Å². The molecular weight excluding hydrogens is 144 g/mol. The van der Waals surface area contributed by atoms with E-state index in [1.165, 1.54) is 10.4 Å². The molecule has 10 heavy (non-hydrogen) atoms. The Labute approximate surface area is 65.0 Å². The molecular formula is C7H12N2S. The van der Waals surface area contributed by atoms with Gasteiger partial charge in [-0.3, -0.25) is 11.3 Å². The first-order chi connectivity index (χ1) is 4.75. The Hall–Kier alpha value is -0.380. The van der Waals surface area contributed by atoms with E-state index >= 15 is 0 Å². The summed E-state index contributed by atoms with van der Waals surface area (Å²) in [6.45, 7) is 4.16. The lowest BCUT2D eigenvalue weighted by Gasteiger charge is -2.08. The van der Waals surface area contributed by atoms with Crippen LogP contribution in [-0.2, 0) is 0 Å². The molecule has 0 aliphatic heterocycles. The molecule has 1 rings (SSSR count). The van der Waals surface area contributed by atoms with Crippen LogP contribution in [0.3, 0.4) is 0 Å². The largest absolute Gasteiger partial charge is 0.271 e. The summed E-state index contributed by atoms with van der Waals surface area (Å²) in [7, 11) is 0. The molecule has 3 N–H and O–H groups in total. The topological polar surface area (TPSA) is 38.0 Å². The van der Waals surface area contributed by atoms with E-state index in [1.54, 1.807) is 11.3 Å². The number of thiophene rings is 1. The van der Waals surface area contributed by atoms with E-state index in [4.69, 9.17) is 5.84 Å². The van der Waals surface area contributed by atoms with Crippen molar-refractivity contribution >= 4 is 11.3 Å². The average Bonchev–Trinajstić information content (AvgIpc) is 2.34. The van der Waals surface area contributed by atoms with Gasteiger partial charge < -0.3 is 0 Å². The molecule has 0 saturated heterocycles. The molecule has 0 aromatic carbocycles. The van der Waals surface area contributed by atoms with E-state index in [0.29, 0.717) is 0 Å². The molecule has 0 aliphatic rings. The minimum absolute atomic E-state index is 0.270. The van der Waals surface area contributed by atoms with Gasteiger partial charge in [0.05, 0.1) is 0 Å². The predicted molar refractivity (Wildman–Crippen MR) is 44.8 cm³/mol. The third-order valence-electron chi connectivity index (χ3n) is 1.62. The maximum absolute atomic E-state index is 5.29. The first-order valence-electron chi connectivity index (χ1n) is 3.26. The number of nitrogens with two attached hydrogens (primary N) is 1. The van der Waals surface area contributed by atoms with Crippen LogP contribution in [0, 0.1) is 6.92 Å². The molecule has 1 heterocycles. The van der Waals surface area contributed by atoms with Crippen LogP contribution in [0.5, 0.6) is 0 Å². The maximum Gasteiger partial charge on any atom is 0.0442 e. The molecule has 3 heteroatoms. The highest BCUT2D eigenvalue weighted by atomic mass is 32.1. The molecule has 0 spiro atoms. The standard InChI is InChI=1S/C7H12N2S/c1-5(9-8)7-3-4-10-6(7)2/h3-5,9H,8H2,1-2H3. The zero-order chi connectivity index (χ0) is 7.56. The maximum atomic E-state index is 5.29. The molecule has 0 fully saturated rings. The molecule has 0 bridgehead atoms. The molecule has 1 unspecified atom stereocenters. The van der Waals surface area contributed by atoms with Gasteiger partial charge in [0.25, 0.3) is 0 Å². The summed E-state index contributed by atoms with van der Waals surface area (Å²) < 4.78 is 0. The van der Waals surface area contributed by atoms with Gasteiger partial charge in [0, 0.05) is 10.9 Å². The third-order valence-corrected chi connectivity index (χ3v) is 2.48. The van der Waals surface area contributed by atoms with Crippen molar-refractivity contribution in [2.75, 3.05) is 0 Å². The molecule has 1 aromatic rings. The summed E-state index contributed by atoms with van der Waals surface area (Å²) in [4.78, 5) is 1.34. The van der Waals surface area contributed by atoms with Crippen molar-refractivity contribution in [1.82, 2.24) is 5.43 Å². The highest BCUT2D eigenvalue weighted by Gasteiger charge is 2.05. The quantitative estimate of drug-likeness (QED) is 0.504. The number of hydrazine groups is 1. The Balaban J connectivity index is 2.82. The van der Waals surface area contributed by atoms with E-state index in [1.807, 2.05) is 0 Å². The SMILES string of the molecule is Cc1sccc1C(C)NN. The van der Waals surface area contributed by atoms with Crippen molar-refractivity contribution in [3.8, 4) is 0 Å². The second-order valence-corrected chi connectivity index (χ2v) is 3.44. The van der Waals surface area contributed by atoms with Gasteiger partial charge in [-0.25, -0.2) is 0 Å². The predicted octanol–water partition coefficient (Wildman–Crippen LogP) is 1.58. The van der Waals surface area contributed by atoms with Gasteiger partial charge in [-0.1, -0.05) is 0 Å². The molecule has 0 radical (unpaired) electrons. The fourth-order valence-electron chi connectivity index (χ4n) is 0.934. The van der Waals surface area contributed by atoms with Crippen molar-refractivity contribution in [1.29, 1.82) is 0 Å². The normalized spacial score (nSPS) is 13.5. The lowest BCUT2D eigenvalue weighted by Crippen LogP contribution is -2.25. The second-order valence-electron chi connectivity index (χ2n) is 2.32. The number of hydrogen-bond donors (Lipinski definition) is 2. The van der Waals surface area contributed by atoms with Crippen molar-refractivity contribution in [2.45, 2.75) is 19.9 Å². The zero-order valence-electron chi connectivity index (χ0n) is 6.22. The second kappa shape index (κ2) is 3.14. The lowest BCUT2D eigenvalue weighted by molar-refractivity contribution is 0.602. The summed E-state index contributed by atoms with van der Waals surface area (Å²) in [5.74, 6) is 5.29. The van der Waals surface area contributed by atoms with Crippen LogP contribution in [0.15, 0.2) is 11.4 Å². The van der Waals surface area contributed by atoms with Crippen LogP contribution in [0.4, 0.5) is 0 Å². The van der Waals surface area contributed by atoms with Gasteiger partial charge in [-0.05, 0) is 30.9 Å². The van der Waals surface area contributed by atoms with E-state index < -0.39 is 0 Å². The van der Waals surface area contributed by atoms with Crippen molar-refractivity contribution in [2.24, 2.45) is 5.84 Å². The van der Waals surface area contributed by atoms with E-state index in [-0.39, 0.29) is 6.04 Å². The van der Waals surface area contributed by atoms with Gasteiger partial charge >= 0.3 is 0 Å². The van der Waals surface area contributed by atoms with E-state index in [2.05, 4.69) is 30.7 Å². The molecule has 1 atom stereocenters. The Morgan fingerprint density at radius 2 is 2.40 bits per heavy atom. The van der Waals surface area contributed by atoms with Crippen molar-refractivity contribution in [3.05, 3.63) is 21.9 Å². The average molecular weight is 156 g/mol. The first kappa shape index (κ1) is 7.72. The van der Waals surface area contributed by atoms with Crippen molar-refractivity contribution < 1.29 is 0 Å². The minimum Gasteiger partial charge on any atom is -0.271 e. The summed E-state index contributed by atoms with van der Waals surface area (Å²) >= 11 is 1.75. The zero-order valence-corrected chi connectivity index (χ0v) is 7.03. The molecule has 56 valence electrons. The molecule has 0 amide bonds. The summed E-state index contributed by atoms with van der Waals surface area (Å²) in [6.07, 6.45) is 0. The first-order valence-corrected chi connectivity index (χ1v) is 4.13. The Bertz CT molecular complexity index is 207. The molecule has 1 aromatic heterocycles. The number of nitrogens with one attached hydrogen (secondary N) is 1. The minimum atomic E-state index is 0.270. The van der Waals surface area contributed by atoms with Gasteiger partial charge in [-0.2, -0.15) is 0 Å². The van der Waals surface area contributed by atoms with Gasteiger partial charge in [0.2, 0.25) is 0 Å². The van der Waals surface area contributed by atoms with E-state index in [9.17, 15) is 0 Å². The highest BCUT2D eigenvalue weighted by Crippen LogP contribution is 2.20. The van der Waals surface area contributed by atoms with Crippen molar-refractivity contribution in [3.63, 3.8) is 0 Å². The van der Waals surface area contributed by atoms with Crippen LogP contribution < -0.4 is 11.3 Å². The fourth-order valence-corrected chi connectivity index (χ4v) is 1.73. The summed E-state index contributed by atoms with van der Waals surface area (Å²) in [6, 6.07) is 2.37. The number of hydrogen-bond acceptors (Lipinski definition) is 3. The summed E-state index contributed by atoms with van der Waals surface area (Å²) in [5, 5.41) is 2.08. The van der Waals surface area contributed by atoms with Gasteiger partial charge in [0.1, 0.15) is 0 Å². The van der Waals surface area contributed by atoms with Gasteiger partial charge in [0.15, 0.2) is 0 Å². The Morgan fingerprint density at radius 3 is 2.80 bits per heavy atom. The van der Waals surface area contributed by atoms with Crippen LogP contribution in [0.25, 0.3) is 0 Å². The van der Waals surface area contributed by atoms with E-state index in [0.717, 1.165) is 0 Å². The monoisotopic (exact) mass is 156 g/mol. The fraction of sp³-hybridized carbons (Fsp3) is 0.429. The van der Waals surface area contributed by atoms with Crippen LogP contribution in [-0.4, -0.2) is 0 Å². The Morgan fingerprint density at radius 1 is 1.70 bits per heavy atom. The third kappa shape index (κ3) is 1.37. The number of rotatable bonds is 2. The molecule has 0 saturated carbocycles. The number of aryl methyl sites for hydroxylation is 1. The molecule has 0 aliphatic carbocycles. The smallest absolute Gasteiger partial charge is 0.0442 e. The summed E-state index contributed by atoms with van der Waals surface area (Å²) in [5.41, 5.74) is 4.01. The lowest BCUT2D eigenvalue weighted by atomic mass is 10.1.